The van der Waals surface area contributed by atoms with Gasteiger partial charge in [0.05, 0.1) is 13.1 Å². The Morgan fingerprint density at radius 1 is 1.30 bits per heavy atom. The van der Waals surface area contributed by atoms with E-state index in [0.29, 0.717) is 18.4 Å². The zero-order chi connectivity index (χ0) is 19.6. The number of rotatable bonds is 7. The zero-order valence-electron chi connectivity index (χ0n) is 17.0. The van der Waals surface area contributed by atoms with Gasteiger partial charge < -0.3 is 20.3 Å². The van der Waals surface area contributed by atoms with Crippen LogP contribution in [0.4, 0.5) is 0 Å². The molecule has 0 atom stereocenters. The van der Waals surface area contributed by atoms with Crippen LogP contribution in [-0.2, 0) is 11.3 Å². The van der Waals surface area contributed by atoms with Crippen LogP contribution in [0.3, 0.4) is 0 Å². The van der Waals surface area contributed by atoms with Crippen LogP contribution in [0.5, 0.6) is 5.88 Å². The summed E-state index contributed by atoms with van der Waals surface area (Å²) in [5.41, 5.74) is 1.03. The molecule has 150 valence electrons. The molecule has 0 unspecified atom stereocenters. The van der Waals surface area contributed by atoms with Crippen molar-refractivity contribution in [3.05, 3.63) is 23.9 Å². The number of guanidine groups is 1. The van der Waals surface area contributed by atoms with E-state index >= 15 is 0 Å². The van der Waals surface area contributed by atoms with Gasteiger partial charge in [-0.3, -0.25) is 4.79 Å². The van der Waals surface area contributed by atoms with E-state index < -0.39 is 0 Å². The Morgan fingerprint density at radius 3 is 2.70 bits per heavy atom. The molecular formula is C20H33N5O2. The number of nitrogens with one attached hydrogen (secondary N) is 2. The van der Waals surface area contributed by atoms with Crippen LogP contribution in [0.2, 0.25) is 0 Å². The summed E-state index contributed by atoms with van der Waals surface area (Å²) in [6.45, 7) is 5.73. The molecule has 0 aromatic carbocycles. The maximum Gasteiger partial charge on any atom is 0.241 e. The third-order valence-electron chi connectivity index (χ3n) is 4.72. The first kappa shape index (κ1) is 21.0. The molecule has 0 saturated heterocycles. The van der Waals surface area contributed by atoms with Crippen molar-refractivity contribution in [1.29, 1.82) is 0 Å². The van der Waals surface area contributed by atoms with E-state index in [1.807, 2.05) is 19.1 Å². The molecule has 1 amide bonds. The first-order chi connectivity index (χ1) is 13.0. The van der Waals surface area contributed by atoms with Crippen molar-refractivity contribution in [2.75, 3.05) is 27.2 Å². The summed E-state index contributed by atoms with van der Waals surface area (Å²) in [7, 11) is 3.47. The van der Waals surface area contributed by atoms with Crippen molar-refractivity contribution in [1.82, 2.24) is 20.5 Å². The quantitative estimate of drug-likeness (QED) is 0.564. The van der Waals surface area contributed by atoms with E-state index in [9.17, 15) is 4.79 Å². The number of ether oxygens (including phenoxy) is 1. The van der Waals surface area contributed by atoms with Gasteiger partial charge in [-0.2, -0.15) is 0 Å². The lowest BCUT2D eigenvalue weighted by Gasteiger charge is -2.26. The van der Waals surface area contributed by atoms with Gasteiger partial charge in [0.2, 0.25) is 11.8 Å². The average molecular weight is 376 g/mol. The number of pyridine rings is 1. The smallest absolute Gasteiger partial charge is 0.241 e. The number of carbonyl (C=O) groups is 1. The van der Waals surface area contributed by atoms with Crippen LogP contribution in [0.15, 0.2) is 23.3 Å². The van der Waals surface area contributed by atoms with Gasteiger partial charge in [0.1, 0.15) is 6.10 Å². The number of hydrogen-bond acceptors (Lipinski definition) is 4. The van der Waals surface area contributed by atoms with Gasteiger partial charge in [0.25, 0.3) is 0 Å². The summed E-state index contributed by atoms with van der Waals surface area (Å²) >= 11 is 0. The number of nitrogens with zero attached hydrogens (tertiary/aromatic N) is 3. The van der Waals surface area contributed by atoms with Gasteiger partial charge in [-0.15, -0.1) is 0 Å². The van der Waals surface area contributed by atoms with Gasteiger partial charge >= 0.3 is 0 Å². The lowest BCUT2D eigenvalue weighted by atomic mass is 9.89. The molecule has 0 radical (unpaired) electrons. The molecule has 1 aromatic heterocycles. The molecule has 7 nitrogen and oxygen atoms in total. The van der Waals surface area contributed by atoms with Crippen molar-refractivity contribution >= 4 is 11.9 Å². The van der Waals surface area contributed by atoms with Crippen LogP contribution in [0.25, 0.3) is 0 Å². The van der Waals surface area contributed by atoms with Crippen molar-refractivity contribution in [2.45, 2.75) is 52.2 Å². The molecule has 1 saturated carbocycles. The largest absolute Gasteiger partial charge is 0.474 e. The fraction of sp³-hybridized carbons (Fsp3) is 0.650. The Morgan fingerprint density at radius 2 is 2.04 bits per heavy atom. The number of aliphatic imine (C=N–C) groups is 1. The highest BCUT2D eigenvalue weighted by Gasteiger charge is 2.19. The predicted octanol–water partition coefficient (Wildman–Crippen LogP) is 2.18. The minimum atomic E-state index is 0.00185. The molecule has 2 N–H and O–H groups in total. The number of amides is 1. The Kier molecular flexibility index (Phi) is 8.36. The second-order valence-corrected chi connectivity index (χ2v) is 7.34. The normalized spacial score (nSPS) is 20.1. The lowest BCUT2D eigenvalue weighted by molar-refractivity contribution is -0.127. The Labute approximate surface area is 162 Å². The molecule has 1 heterocycles. The van der Waals surface area contributed by atoms with E-state index in [4.69, 9.17) is 4.74 Å². The first-order valence-electron chi connectivity index (χ1n) is 9.81. The monoisotopic (exact) mass is 375 g/mol. The fourth-order valence-electron chi connectivity index (χ4n) is 2.96. The van der Waals surface area contributed by atoms with Crippen molar-refractivity contribution in [2.24, 2.45) is 10.9 Å². The minimum absolute atomic E-state index is 0.00185. The molecule has 1 aromatic rings. The van der Waals surface area contributed by atoms with E-state index in [1.165, 1.54) is 12.8 Å². The summed E-state index contributed by atoms with van der Waals surface area (Å²) in [5, 5.41) is 6.21. The van der Waals surface area contributed by atoms with Gasteiger partial charge in [0.15, 0.2) is 5.96 Å². The highest BCUT2D eigenvalue weighted by Crippen LogP contribution is 2.26. The summed E-state index contributed by atoms with van der Waals surface area (Å²) in [6, 6.07) is 3.89. The van der Waals surface area contributed by atoms with E-state index in [2.05, 4.69) is 27.5 Å². The maximum absolute atomic E-state index is 11.7. The van der Waals surface area contributed by atoms with Crippen LogP contribution in [0.1, 0.15) is 45.1 Å². The minimum Gasteiger partial charge on any atom is -0.474 e. The molecule has 2 rings (SSSR count). The van der Waals surface area contributed by atoms with Crippen LogP contribution >= 0.6 is 0 Å². The van der Waals surface area contributed by atoms with E-state index in [1.54, 1.807) is 25.2 Å². The molecule has 7 heteroatoms. The third kappa shape index (κ3) is 7.45. The molecular weight excluding hydrogens is 342 g/mol. The van der Waals surface area contributed by atoms with Crippen molar-refractivity contribution in [3.63, 3.8) is 0 Å². The standard InChI is InChI=1S/C20H33N5O2/c1-5-21-20(24-14-19(26)25(3)4)23-13-16-10-11-22-18(12-16)27-17-8-6-15(2)7-9-17/h10-12,15,17H,5-9,13-14H2,1-4H3,(H2,21,23,24). The lowest BCUT2D eigenvalue weighted by Crippen LogP contribution is -2.42. The maximum atomic E-state index is 11.7. The zero-order valence-corrected chi connectivity index (χ0v) is 17.0. The summed E-state index contributed by atoms with van der Waals surface area (Å²) in [4.78, 5) is 22.2. The SMILES string of the molecule is CCNC(=NCc1ccnc(OC2CCC(C)CC2)c1)NCC(=O)N(C)C. The van der Waals surface area contributed by atoms with Gasteiger partial charge in [0, 0.05) is 32.9 Å². The van der Waals surface area contributed by atoms with Gasteiger partial charge in [-0.1, -0.05) is 6.92 Å². The number of likely N-dealkylation sites (N-methyl/N-ethyl adjacent to an activating group) is 1. The van der Waals surface area contributed by atoms with Crippen molar-refractivity contribution < 1.29 is 9.53 Å². The van der Waals surface area contributed by atoms with Gasteiger partial charge in [-0.05, 0) is 50.2 Å². The molecule has 1 fully saturated rings. The Balaban J connectivity index is 1.92. The Bertz CT molecular complexity index is 625. The second kappa shape index (κ2) is 10.7. The summed E-state index contributed by atoms with van der Waals surface area (Å²) < 4.78 is 6.06. The third-order valence-corrected chi connectivity index (χ3v) is 4.72. The van der Waals surface area contributed by atoms with E-state index in [-0.39, 0.29) is 18.6 Å². The highest BCUT2D eigenvalue weighted by molar-refractivity contribution is 5.86. The number of aromatic nitrogens is 1. The molecule has 0 bridgehead atoms. The summed E-state index contributed by atoms with van der Waals surface area (Å²) in [5.74, 6) is 2.09. The molecule has 0 spiro atoms. The van der Waals surface area contributed by atoms with Gasteiger partial charge in [-0.25, -0.2) is 9.98 Å². The highest BCUT2D eigenvalue weighted by atomic mass is 16.5. The first-order valence-corrected chi connectivity index (χ1v) is 9.81. The molecule has 27 heavy (non-hydrogen) atoms. The van der Waals surface area contributed by atoms with Crippen LogP contribution < -0.4 is 15.4 Å². The molecule has 1 aliphatic carbocycles. The average Bonchev–Trinajstić information content (AvgIpc) is 2.66. The number of hydrogen-bond donors (Lipinski definition) is 2. The topological polar surface area (TPSA) is 78.9 Å². The van der Waals surface area contributed by atoms with Crippen LogP contribution in [0, 0.1) is 5.92 Å². The van der Waals surface area contributed by atoms with E-state index in [0.717, 1.165) is 30.9 Å². The second-order valence-electron chi connectivity index (χ2n) is 7.34. The predicted molar refractivity (Wildman–Crippen MR) is 108 cm³/mol. The Hall–Kier alpha value is -2.31. The number of carbonyl (C=O) groups excluding carboxylic acids is 1. The molecule has 1 aliphatic rings. The van der Waals surface area contributed by atoms with Crippen molar-refractivity contribution in [3.8, 4) is 5.88 Å². The fourth-order valence-corrected chi connectivity index (χ4v) is 2.96. The van der Waals surface area contributed by atoms with Crippen LogP contribution in [-0.4, -0.2) is 55.0 Å². The molecule has 0 aliphatic heterocycles. The summed E-state index contributed by atoms with van der Waals surface area (Å²) in [6.07, 6.45) is 6.67.